The summed E-state index contributed by atoms with van der Waals surface area (Å²) >= 11 is 1.80. The molecule has 0 aliphatic rings. The number of carbonyl (C=O) groups excluding carboxylic acids is 1. The Hall–Kier alpha value is -1.61. The number of rotatable bonds is 5. The minimum absolute atomic E-state index is 0.739. The molecule has 1 heterocycles. The molecule has 18 heavy (non-hydrogen) atoms. The highest BCUT2D eigenvalue weighted by molar-refractivity contribution is 7.09. The summed E-state index contributed by atoms with van der Waals surface area (Å²) in [7, 11) is 2.09. The fourth-order valence-electron chi connectivity index (χ4n) is 2.03. The van der Waals surface area contributed by atoms with Crippen LogP contribution in [0.25, 0.3) is 0 Å². The molecule has 1 aromatic heterocycles. The molecule has 0 atom stereocenters. The number of nitrogens with zero attached hydrogens (tertiary/aromatic N) is 1. The molecule has 2 rings (SSSR count). The van der Waals surface area contributed by atoms with Gasteiger partial charge in [-0.1, -0.05) is 6.07 Å². The van der Waals surface area contributed by atoms with Crippen LogP contribution in [0.5, 0.6) is 0 Å². The molecule has 0 fully saturated rings. The molecule has 0 unspecified atom stereocenters. The van der Waals surface area contributed by atoms with Crippen molar-refractivity contribution in [1.29, 1.82) is 0 Å². The first-order valence-electron chi connectivity index (χ1n) is 6.00. The standard InChI is InChI=1S/C15H17NOS/c1-12-10-13(11-17)5-6-15(12)16(2)8-7-14-4-3-9-18-14/h3-6,9-11H,7-8H2,1-2H3. The largest absolute Gasteiger partial charge is 0.374 e. The molecule has 0 N–H and O–H groups in total. The zero-order chi connectivity index (χ0) is 13.0. The lowest BCUT2D eigenvalue weighted by Crippen LogP contribution is -2.20. The van der Waals surface area contributed by atoms with E-state index in [1.807, 2.05) is 25.1 Å². The van der Waals surface area contributed by atoms with E-state index in [0.29, 0.717) is 0 Å². The molecule has 2 aromatic rings. The van der Waals surface area contributed by atoms with Crippen LogP contribution in [0.3, 0.4) is 0 Å². The van der Waals surface area contributed by atoms with E-state index >= 15 is 0 Å². The Labute approximate surface area is 112 Å². The van der Waals surface area contributed by atoms with Gasteiger partial charge >= 0.3 is 0 Å². The van der Waals surface area contributed by atoms with Crippen molar-refractivity contribution in [3.05, 3.63) is 51.7 Å². The second kappa shape index (κ2) is 5.83. The van der Waals surface area contributed by atoms with Crippen LogP contribution >= 0.6 is 11.3 Å². The van der Waals surface area contributed by atoms with E-state index in [-0.39, 0.29) is 0 Å². The first-order chi connectivity index (χ1) is 8.70. The highest BCUT2D eigenvalue weighted by atomic mass is 32.1. The van der Waals surface area contributed by atoms with Crippen molar-refractivity contribution in [3.8, 4) is 0 Å². The van der Waals surface area contributed by atoms with E-state index in [1.165, 1.54) is 10.6 Å². The smallest absolute Gasteiger partial charge is 0.150 e. The Morgan fingerprint density at radius 1 is 1.33 bits per heavy atom. The van der Waals surface area contributed by atoms with Crippen LogP contribution in [-0.4, -0.2) is 19.9 Å². The van der Waals surface area contributed by atoms with E-state index in [1.54, 1.807) is 11.3 Å². The quantitative estimate of drug-likeness (QED) is 0.765. The lowest BCUT2D eigenvalue weighted by atomic mass is 10.1. The van der Waals surface area contributed by atoms with Crippen LogP contribution in [0, 0.1) is 6.92 Å². The van der Waals surface area contributed by atoms with E-state index in [0.717, 1.165) is 30.4 Å². The number of thiophene rings is 1. The van der Waals surface area contributed by atoms with Crippen molar-refractivity contribution in [2.45, 2.75) is 13.3 Å². The first kappa shape index (κ1) is 12.8. The van der Waals surface area contributed by atoms with Crippen molar-refractivity contribution in [3.63, 3.8) is 0 Å². The van der Waals surface area contributed by atoms with Gasteiger partial charge < -0.3 is 4.90 Å². The molecule has 2 nitrogen and oxygen atoms in total. The number of anilines is 1. The van der Waals surface area contributed by atoms with Gasteiger partial charge in [0.25, 0.3) is 0 Å². The Bertz CT molecular complexity index is 519. The van der Waals surface area contributed by atoms with Crippen LogP contribution in [0.1, 0.15) is 20.8 Å². The highest BCUT2D eigenvalue weighted by Gasteiger charge is 2.05. The van der Waals surface area contributed by atoms with Gasteiger partial charge in [-0.2, -0.15) is 0 Å². The SMILES string of the molecule is Cc1cc(C=O)ccc1N(C)CCc1cccs1. The van der Waals surface area contributed by atoms with E-state index in [2.05, 4.69) is 29.5 Å². The monoisotopic (exact) mass is 259 g/mol. The molecule has 0 radical (unpaired) electrons. The molecule has 0 aliphatic carbocycles. The molecule has 0 saturated heterocycles. The summed E-state index contributed by atoms with van der Waals surface area (Å²) in [5.41, 5.74) is 3.08. The Kier molecular flexibility index (Phi) is 4.15. The van der Waals surface area contributed by atoms with E-state index < -0.39 is 0 Å². The molecule has 0 spiro atoms. The van der Waals surface area contributed by atoms with Gasteiger partial charge in [0.05, 0.1) is 0 Å². The number of likely N-dealkylation sites (N-methyl/N-ethyl adjacent to an activating group) is 1. The maximum Gasteiger partial charge on any atom is 0.150 e. The van der Waals surface area contributed by atoms with Crippen molar-refractivity contribution < 1.29 is 4.79 Å². The Balaban J connectivity index is 2.04. The Morgan fingerprint density at radius 2 is 2.17 bits per heavy atom. The van der Waals surface area contributed by atoms with Gasteiger partial charge in [-0.3, -0.25) is 4.79 Å². The number of carbonyl (C=O) groups is 1. The molecule has 94 valence electrons. The second-order valence-electron chi connectivity index (χ2n) is 4.41. The van der Waals surface area contributed by atoms with Crippen LogP contribution < -0.4 is 4.90 Å². The Morgan fingerprint density at radius 3 is 2.78 bits per heavy atom. The number of hydrogen-bond donors (Lipinski definition) is 0. The van der Waals surface area contributed by atoms with E-state index in [4.69, 9.17) is 0 Å². The molecule has 0 amide bonds. The summed E-state index contributed by atoms with van der Waals surface area (Å²) in [6.07, 6.45) is 1.95. The minimum Gasteiger partial charge on any atom is -0.374 e. The lowest BCUT2D eigenvalue weighted by Gasteiger charge is -2.21. The van der Waals surface area contributed by atoms with Gasteiger partial charge in [-0.25, -0.2) is 0 Å². The maximum atomic E-state index is 10.7. The first-order valence-corrected chi connectivity index (χ1v) is 6.88. The molecule has 0 saturated carbocycles. The van der Waals surface area contributed by atoms with Gasteiger partial charge in [0.15, 0.2) is 0 Å². The van der Waals surface area contributed by atoms with Gasteiger partial charge in [-0.15, -0.1) is 11.3 Å². The highest BCUT2D eigenvalue weighted by Crippen LogP contribution is 2.20. The van der Waals surface area contributed by atoms with Crippen molar-refractivity contribution in [1.82, 2.24) is 0 Å². The second-order valence-corrected chi connectivity index (χ2v) is 5.45. The minimum atomic E-state index is 0.739. The van der Waals surface area contributed by atoms with Gasteiger partial charge in [0, 0.05) is 29.7 Å². The van der Waals surface area contributed by atoms with Gasteiger partial charge in [0.2, 0.25) is 0 Å². The molecule has 0 aliphatic heterocycles. The van der Waals surface area contributed by atoms with Crippen LogP contribution in [0.15, 0.2) is 35.7 Å². The third kappa shape index (κ3) is 2.99. The summed E-state index contributed by atoms with van der Waals surface area (Å²) in [6, 6.07) is 10.1. The van der Waals surface area contributed by atoms with E-state index in [9.17, 15) is 4.79 Å². The zero-order valence-corrected chi connectivity index (χ0v) is 11.5. The number of hydrogen-bond acceptors (Lipinski definition) is 3. The third-order valence-corrected chi connectivity index (χ3v) is 3.98. The lowest BCUT2D eigenvalue weighted by molar-refractivity contribution is 0.112. The summed E-state index contributed by atoms with van der Waals surface area (Å²) in [6.45, 7) is 3.03. The average molecular weight is 259 g/mol. The zero-order valence-electron chi connectivity index (χ0n) is 10.7. The van der Waals surface area contributed by atoms with Gasteiger partial charge in [0.1, 0.15) is 6.29 Å². The number of aldehydes is 1. The summed E-state index contributed by atoms with van der Waals surface area (Å²) in [5.74, 6) is 0. The molecule has 0 bridgehead atoms. The van der Waals surface area contributed by atoms with Crippen LogP contribution in [-0.2, 0) is 6.42 Å². The molecule has 1 aromatic carbocycles. The maximum absolute atomic E-state index is 10.7. The van der Waals surface area contributed by atoms with Crippen LogP contribution in [0.4, 0.5) is 5.69 Å². The summed E-state index contributed by atoms with van der Waals surface area (Å²) in [4.78, 5) is 14.4. The normalized spacial score (nSPS) is 10.3. The van der Waals surface area contributed by atoms with Crippen molar-refractivity contribution in [2.75, 3.05) is 18.5 Å². The number of aryl methyl sites for hydroxylation is 1. The summed E-state index contributed by atoms with van der Waals surface area (Å²) < 4.78 is 0. The summed E-state index contributed by atoms with van der Waals surface area (Å²) in [5, 5.41) is 2.11. The van der Waals surface area contributed by atoms with Crippen molar-refractivity contribution >= 4 is 23.3 Å². The third-order valence-electron chi connectivity index (χ3n) is 3.04. The van der Waals surface area contributed by atoms with Crippen LogP contribution in [0.2, 0.25) is 0 Å². The molecular formula is C15H17NOS. The predicted molar refractivity (Wildman–Crippen MR) is 77.9 cm³/mol. The fraction of sp³-hybridized carbons (Fsp3) is 0.267. The van der Waals surface area contributed by atoms with Gasteiger partial charge in [-0.05, 0) is 48.6 Å². The fourth-order valence-corrected chi connectivity index (χ4v) is 2.73. The predicted octanol–water partition coefficient (Wildman–Crippen LogP) is 3.55. The average Bonchev–Trinajstić information content (AvgIpc) is 2.88. The molecule has 3 heteroatoms. The van der Waals surface area contributed by atoms with Crippen molar-refractivity contribution in [2.24, 2.45) is 0 Å². The molecular weight excluding hydrogens is 242 g/mol. The topological polar surface area (TPSA) is 20.3 Å². The number of benzene rings is 1.